The third-order valence-electron chi connectivity index (χ3n) is 7.42. The topological polar surface area (TPSA) is 55.8 Å². The standard InChI is InChI=1S/C30H40INO4/c1-8-11-32-20-14-29(4,5)16-22(33)26(20)25(27-21(32)15-30(6,7)17-23(27)34)18-12-19(31)28(36-10-3)24(13-18)35-9-2/h12-13,25H,8-11,14-17H2,1-7H3. The van der Waals surface area contributed by atoms with Gasteiger partial charge in [0.25, 0.3) is 0 Å². The third kappa shape index (κ3) is 4.99. The minimum Gasteiger partial charge on any atom is -0.490 e. The number of carbonyl (C=O) groups excluding carboxylic acids is 2. The smallest absolute Gasteiger partial charge is 0.174 e. The Labute approximate surface area is 229 Å². The van der Waals surface area contributed by atoms with Crippen molar-refractivity contribution in [2.75, 3.05) is 19.8 Å². The van der Waals surface area contributed by atoms with Gasteiger partial charge in [0.2, 0.25) is 0 Å². The summed E-state index contributed by atoms with van der Waals surface area (Å²) in [5, 5.41) is 0. The van der Waals surface area contributed by atoms with Crippen molar-refractivity contribution in [1.82, 2.24) is 4.90 Å². The van der Waals surface area contributed by atoms with Crippen molar-refractivity contribution in [3.63, 3.8) is 0 Å². The second-order valence-corrected chi connectivity index (χ2v) is 13.0. The monoisotopic (exact) mass is 605 g/mol. The van der Waals surface area contributed by atoms with Gasteiger partial charge in [0.15, 0.2) is 23.1 Å². The van der Waals surface area contributed by atoms with Crippen molar-refractivity contribution in [3.8, 4) is 11.5 Å². The van der Waals surface area contributed by atoms with Crippen LogP contribution in [0.2, 0.25) is 0 Å². The number of nitrogens with zero attached hydrogens (tertiary/aromatic N) is 1. The van der Waals surface area contributed by atoms with Gasteiger partial charge < -0.3 is 14.4 Å². The van der Waals surface area contributed by atoms with Gasteiger partial charge in [0, 0.05) is 47.8 Å². The number of hydrogen-bond acceptors (Lipinski definition) is 5. The first-order valence-corrected chi connectivity index (χ1v) is 14.4. The van der Waals surface area contributed by atoms with Crippen molar-refractivity contribution < 1.29 is 19.1 Å². The second-order valence-electron chi connectivity index (χ2n) is 11.9. The molecule has 0 saturated heterocycles. The molecule has 1 aromatic rings. The molecule has 3 aliphatic rings. The summed E-state index contributed by atoms with van der Waals surface area (Å²) in [4.78, 5) is 30.1. The average Bonchev–Trinajstić information content (AvgIpc) is 2.75. The highest BCUT2D eigenvalue weighted by molar-refractivity contribution is 14.1. The predicted molar refractivity (Wildman–Crippen MR) is 151 cm³/mol. The molecule has 0 aromatic heterocycles. The number of allylic oxidation sites excluding steroid dienone is 4. The molecular weight excluding hydrogens is 565 g/mol. The molecule has 0 spiro atoms. The van der Waals surface area contributed by atoms with Gasteiger partial charge in [0.05, 0.1) is 16.8 Å². The van der Waals surface area contributed by atoms with E-state index in [0.29, 0.717) is 31.8 Å². The molecule has 0 unspecified atom stereocenters. The van der Waals surface area contributed by atoms with Crippen LogP contribution in [0.1, 0.15) is 92.1 Å². The molecule has 1 aliphatic heterocycles. The number of Topliss-reactive ketones (excluding diaryl/α,β-unsaturated/α-hetero) is 2. The van der Waals surface area contributed by atoms with E-state index in [9.17, 15) is 9.59 Å². The molecule has 196 valence electrons. The molecule has 4 rings (SSSR count). The number of rotatable bonds is 7. The first-order valence-electron chi connectivity index (χ1n) is 13.3. The molecule has 2 aliphatic carbocycles. The van der Waals surface area contributed by atoms with Crippen molar-refractivity contribution in [2.45, 2.75) is 86.5 Å². The van der Waals surface area contributed by atoms with Crippen LogP contribution in [0, 0.1) is 14.4 Å². The van der Waals surface area contributed by atoms with Crippen molar-refractivity contribution >= 4 is 34.2 Å². The number of ketones is 2. The fourth-order valence-corrected chi connectivity index (χ4v) is 6.96. The maximum Gasteiger partial charge on any atom is 0.174 e. The van der Waals surface area contributed by atoms with E-state index in [1.165, 1.54) is 0 Å². The Bertz CT molecular complexity index is 1090. The molecule has 0 atom stereocenters. The van der Waals surface area contributed by atoms with Crippen LogP contribution in [-0.4, -0.2) is 36.2 Å². The summed E-state index contributed by atoms with van der Waals surface area (Å²) in [6.45, 7) is 16.7. The zero-order valence-electron chi connectivity index (χ0n) is 22.8. The lowest BCUT2D eigenvalue weighted by molar-refractivity contribution is -0.119. The summed E-state index contributed by atoms with van der Waals surface area (Å²) in [5.41, 5.74) is 4.60. The average molecular weight is 606 g/mol. The lowest BCUT2D eigenvalue weighted by Crippen LogP contribution is -2.44. The van der Waals surface area contributed by atoms with Gasteiger partial charge in [-0.1, -0.05) is 34.6 Å². The summed E-state index contributed by atoms with van der Waals surface area (Å²) in [5.74, 6) is 1.37. The van der Waals surface area contributed by atoms with Crippen LogP contribution in [0.5, 0.6) is 11.5 Å². The number of hydrogen-bond donors (Lipinski definition) is 0. The van der Waals surface area contributed by atoms with E-state index in [0.717, 1.165) is 63.2 Å². The fraction of sp³-hybridized carbons (Fsp3) is 0.600. The lowest BCUT2D eigenvalue weighted by atomic mass is 9.63. The highest BCUT2D eigenvalue weighted by Crippen LogP contribution is 2.55. The number of carbonyl (C=O) groups is 2. The van der Waals surface area contributed by atoms with Gasteiger partial charge in [-0.25, -0.2) is 0 Å². The molecule has 0 radical (unpaired) electrons. The summed E-state index contributed by atoms with van der Waals surface area (Å²) in [7, 11) is 0. The Morgan fingerprint density at radius 1 is 0.861 bits per heavy atom. The summed E-state index contributed by atoms with van der Waals surface area (Å²) in [6.07, 6.45) is 3.62. The molecule has 0 amide bonds. The van der Waals surface area contributed by atoms with E-state index in [4.69, 9.17) is 9.47 Å². The van der Waals surface area contributed by atoms with Crippen LogP contribution in [0.3, 0.4) is 0 Å². The second kappa shape index (κ2) is 10.1. The van der Waals surface area contributed by atoms with Crippen LogP contribution in [-0.2, 0) is 9.59 Å². The lowest BCUT2D eigenvalue weighted by Gasteiger charge is -2.49. The number of halogens is 1. The fourth-order valence-electron chi connectivity index (χ4n) is 6.18. The Kier molecular flexibility index (Phi) is 7.67. The molecule has 0 N–H and O–H groups in total. The van der Waals surface area contributed by atoms with Gasteiger partial charge in [-0.15, -0.1) is 0 Å². The third-order valence-corrected chi connectivity index (χ3v) is 8.22. The number of ether oxygens (including phenoxy) is 2. The maximum atomic E-state index is 13.9. The van der Waals surface area contributed by atoms with E-state index < -0.39 is 0 Å². The first kappa shape index (κ1) is 27.2. The van der Waals surface area contributed by atoms with Crippen molar-refractivity contribution in [2.24, 2.45) is 10.8 Å². The largest absolute Gasteiger partial charge is 0.490 e. The minimum absolute atomic E-state index is 0.109. The van der Waals surface area contributed by atoms with Crippen LogP contribution in [0.4, 0.5) is 0 Å². The van der Waals surface area contributed by atoms with Gasteiger partial charge in [0.1, 0.15) is 0 Å². The zero-order valence-corrected chi connectivity index (χ0v) is 25.0. The highest BCUT2D eigenvalue weighted by atomic mass is 127. The predicted octanol–water partition coefficient (Wildman–Crippen LogP) is 7.18. The molecule has 0 fully saturated rings. The van der Waals surface area contributed by atoms with E-state index in [1.807, 2.05) is 19.9 Å². The molecule has 36 heavy (non-hydrogen) atoms. The normalized spacial score (nSPS) is 21.5. The minimum atomic E-state index is -0.362. The molecule has 0 saturated carbocycles. The van der Waals surface area contributed by atoms with E-state index in [2.05, 4.69) is 68.2 Å². The van der Waals surface area contributed by atoms with Crippen molar-refractivity contribution in [3.05, 3.63) is 43.8 Å². The molecule has 1 heterocycles. The molecule has 5 nitrogen and oxygen atoms in total. The molecule has 1 aromatic carbocycles. The van der Waals surface area contributed by atoms with Gasteiger partial charge in [-0.3, -0.25) is 9.59 Å². The first-order chi connectivity index (χ1) is 16.9. The van der Waals surface area contributed by atoms with Crippen molar-refractivity contribution in [1.29, 1.82) is 0 Å². The Morgan fingerprint density at radius 2 is 1.39 bits per heavy atom. The molecule has 6 heteroatoms. The van der Waals surface area contributed by atoms with E-state index in [1.54, 1.807) is 0 Å². The maximum absolute atomic E-state index is 13.9. The molecule has 0 bridgehead atoms. The van der Waals surface area contributed by atoms with Gasteiger partial charge in [-0.2, -0.15) is 0 Å². The Balaban J connectivity index is 2.01. The Morgan fingerprint density at radius 3 is 1.86 bits per heavy atom. The highest BCUT2D eigenvalue weighted by Gasteiger charge is 2.49. The Hall–Kier alpha value is -1.83. The quantitative estimate of drug-likeness (QED) is 0.308. The zero-order chi connectivity index (χ0) is 26.4. The summed E-state index contributed by atoms with van der Waals surface area (Å²) in [6, 6.07) is 4.09. The number of benzene rings is 1. The van der Waals surface area contributed by atoms with Gasteiger partial charge in [-0.05, 0) is 84.2 Å². The summed E-state index contributed by atoms with van der Waals surface area (Å²) >= 11 is 2.29. The van der Waals surface area contributed by atoms with Crippen LogP contribution in [0.15, 0.2) is 34.7 Å². The van der Waals surface area contributed by atoms with Gasteiger partial charge >= 0.3 is 0 Å². The van der Waals surface area contributed by atoms with E-state index in [-0.39, 0.29) is 28.3 Å². The SMILES string of the molecule is CCCN1C2=C(C(=O)CC(C)(C)C2)C(c2cc(I)c(OCC)c(OCC)c2)C2=C1CC(C)(C)CC2=O. The van der Waals surface area contributed by atoms with Crippen LogP contribution < -0.4 is 9.47 Å². The van der Waals surface area contributed by atoms with E-state index >= 15 is 0 Å². The summed E-state index contributed by atoms with van der Waals surface area (Å²) < 4.78 is 12.9. The van der Waals surface area contributed by atoms with Crippen LogP contribution in [0.25, 0.3) is 0 Å². The molecular formula is C30H40INO4. The van der Waals surface area contributed by atoms with Crippen LogP contribution >= 0.6 is 22.6 Å².